The number of anilines is 3. The fourth-order valence-corrected chi connectivity index (χ4v) is 2.03. The van der Waals surface area contributed by atoms with Crippen LogP contribution in [0.4, 0.5) is 17.3 Å². The maximum absolute atomic E-state index is 4.42. The molecule has 0 unspecified atom stereocenters. The van der Waals surface area contributed by atoms with Gasteiger partial charge in [-0.3, -0.25) is 0 Å². The molecule has 4 nitrogen and oxygen atoms in total. The summed E-state index contributed by atoms with van der Waals surface area (Å²) in [5.74, 6) is 2.93. The second kappa shape index (κ2) is 6.37. The van der Waals surface area contributed by atoms with Crippen LogP contribution in [0.2, 0.25) is 0 Å². The third-order valence-electron chi connectivity index (χ3n) is 3.02. The largest absolute Gasteiger partial charge is 0.370 e. The Morgan fingerprint density at radius 2 is 1.85 bits per heavy atom. The number of aromatic nitrogens is 2. The van der Waals surface area contributed by atoms with Crippen LogP contribution in [0.15, 0.2) is 30.3 Å². The third kappa shape index (κ3) is 3.70. The van der Waals surface area contributed by atoms with Crippen LogP contribution < -0.4 is 10.6 Å². The Bertz CT molecular complexity index is 578. The summed E-state index contributed by atoms with van der Waals surface area (Å²) in [7, 11) is 0. The molecule has 0 saturated heterocycles. The number of nitrogens with zero attached hydrogens (tertiary/aromatic N) is 2. The van der Waals surface area contributed by atoms with Crippen molar-refractivity contribution in [3.05, 3.63) is 41.7 Å². The van der Waals surface area contributed by atoms with Crippen molar-refractivity contribution >= 4 is 17.3 Å². The monoisotopic (exact) mass is 270 g/mol. The Morgan fingerprint density at radius 1 is 1.10 bits per heavy atom. The van der Waals surface area contributed by atoms with Gasteiger partial charge in [-0.1, -0.05) is 26.0 Å². The molecule has 0 aliphatic carbocycles. The molecule has 0 saturated carbocycles. The van der Waals surface area contributed by atoms with Gasteiger partial charge in [-0.15, -0.1) is 0 Å². The van der Waals surface area contributed by atoms with Crippen LogP contribution in [0.1, 0.15) is 38.1 Å². The maximum atomic E-state index is 4.42. The molecule has 2 N–H and O–H groups in total. The van der Waals surface area contributed by atoms with E-state index in [1.165, 1.54) is 5.56 Å². The van der Waals surface area contributed by atoms with E-state index in [2.05, 4.69) is 65.6 Å². The lowest BCUT2D eigenvalue weighted by atomic mass is 10.0. The average Bonchev–Trinajstić information content (AvgIpc) is 2.38. The molecule has 20 heavy (non-hydrogen) atoms. The fourth-order valence-electron chi connectivity index (χ4n) is 2.03. The van der Waals surface area contributed by atoms with Crippen molar-refractivity contribution in [1.29, 1.82) is 0 Å². The molecule has 0 bridgehead atoms. The van der Waals surface area contributed by atoms with E-state index < -0.39 is 0 Å². The highest BCUT2D eigenvalue weighted by atomic mass is 15.1. The van der Waals surface area contributed by atoms with Gasteiger partial charge >= 0.3 is 0 Å². The second-order valence-corrected chi connectivity index (χ2v) is 5.12. The molecule has 0 amide bonds. The minimum absolute atomic E-state index is 0.515. The Morgan fingerprint density at radius 3 is 2.55 bits per heavy atom. The lowest BCUT2D eigenvalue weighted by molar-refractivity contribution is 0.867. The Kier molecular flexibility index (Phi) is 4.56. The van der Waals surface area contributed by atoms with Crippen molar-refractivity contribution in [1.82, 2.24) is 9.97 Å². The normalized spacial score (nSPS) is 10.7. The van der Waals surface area contributed by atoms with Crippen molar-refractivity contribution in [3.8, 4) is 0 Å². The van der Waals surface area contributed by atoms with Crippen LogP contribution in [0.5, 0.6) is 0 Å². The first-order chi connectivity index (χ1) is 9.58. The van der Waals surface area contributed by atoms with Crippen molar-refractivity contribution in [3.63, 3.8) is 0 Å². The van der Waals surface area contributed by atoms with E-state index in [0.717, 1.165) is 29.7 Å². The minimum Gasteiger partial charge on any atom is -0.370 e. The van der Waals surface area contributed by atoms with Crippen LogP contribution in [0.3, 0.4) is 0 Å². The number of aryl methyl sites for hydroxylation is 1. The fraction of sp³-hybridized carbons (Fsp3) is 0.375. The molecule has 4 heteroatoms. The number of rotatable bonds is 5. The molecular formula is C16H22N4. The minimum atomic E-state index is 0.515. The van der Waals surface area contributed by atoms with Gasteiger partial charge in [-0.25, -0.2) is 9.97 Å². The first-order valence-corrected chi connectivity index (χ1v) is 7.05. The van der Waals surface area contributed by atoms with E-state index in [4.69, 9.17) is 0 Å². The van der Waals surface area contributed by atoms with Gasteiger partial charge in [0, 0.05) is 18.3 Å². The first kappa shape index (κ1) is 14.3. The Balaban J connectivity index is 2.23. The van der Waals surface area contributed by atoms with Gasteiger partial charge in [0.25, 0.3) is 0 Å². The van der Waals surface area contributed by atoms with E-state index in [-0.39, 0.29) is 0 Å². The molecule has 1 aromatic carbocycles. The number of nitrogens with one attached hydrogen (secondary N) is 2. The molecule has 0 atom stereocenters. The molecule has 0 aliphatic heterocycles. The van der Waals surface area contributed by atoms with E-state index in [1.807, 2.05) is 13.0 Å². The standard InChI is InChI=1S/C16H22N4/c1-5-17-15-10-16(19-12(4)18-15)20-14-8-6-7-13(9-14)11(2)3/h6-11H,5H2,1-4H3,(H2,17,18,19,20). The summed E-state index contributed by atoms with van der Waals surface area (Å²) < 4.78 is 0. The highest BCUT2D eigenvalue weighted by Gasteiger charge is 2.04. The molecule has 1 aromatic heterocycles. The first-order valence-electron chi connectivity index (χ1n) is 7.05. The molecule has 2 rings (SSSR count). The SMILES string of the molecule is CCNc1cc(Nc2cccc(C(C)C)c2)nc(C)n1. The van der Waals surface area contributed by atoms with E-state index in [0.29, 0.717) is 5.92 Å². The molecule has 106 valence electrons. The van der Waals surface area contributed by atoms with Gasteiger partial charge < -0.3 is 10.6 Å². The summed E-state index contributed by atoms with van der Waals surface area (Å²) in [6.07, 6.45) is 0. The van der Waals surface area contributed by atoms with Gasteiger partial charge in [-0.2, -0.15) is 0 Å². The maximum Gasteiger partial charge on any atom is 0.136 e. The number of hydrogen-bond acceptors (Lipinski definition) is 4. The molecule has 0 radical (unpaired) electrons. The van der Waals surface area contributed by atoms with Gasteiger partial charge in [0.2, 0.25) is 0 Å². The number of hydrogen-bond donors (Lipinski definition) is 2. The molecule has 0 spiro atoms. The van der Waals surface area contributed by atoms with Crippen molar-refractivity contribution in [2.24, 2.45) is 0 Å². The zero-order valence-electron chi connectivity index (χ0n) is 12.6. The van der Waals surface area contributed by atoms with E-state index >= 15 is 0 Å². The van der Waals surface area contributed by atoms with Gasteiger partial charge in [0.15, 0.2) is 0 Å². The van der Waals surface area contributed by atoms with E-state index in [1.54, 1.807) is 0 Å². The quantitative estimate of drug-likeness (QED) is 0.859. The topological polar surface area (TPSA) is 49.8 Å². The lowest BCUT2D eigenvalue weighted by Gasteiger charge is -2.11. The van der Waals surface area contributed by atoms with Crippen LogP contribution in [-0.4, -0.2) is 16.5 Å². The number of benzene rings is 1. The highest BCUT2D eigenvalue weighted by Crippen LogP contribution is 2.22. The summed E-state index contributed by atoms with van der Waals surface area (Å²) in [5.41, 5.74) is 2.37. The molecular weight excluding hydrogens is 248 g/mol. The summed E-state index contributed by atoms with van der Waals surface area (Å²) in [5, 5.41) is 6.56. The van der Waals surface area contributed by atoms with Crippen LogP contribution >= 0.6 is 0 Å². The van der Waals surface area contributed by atoms with Crippen molar-refractivity contribution in [2.45, 2.75) is 33.6 Å². The van der Waals surface area contributed by atoms with E-state index in [9.17, 15) is 0 Å². The molecule has 0 aliphatic rings. The van der Waals surface area contributed by atoms with Crippen LogP contribution in [-0.2, 0) is 0 Å². The molecule has 1 heterocycles. The summed E-state index contributed by atoms with van der Waals surface area (Å²) in [6, 6.07) is 10.4. The molecule has 2 aromatic rings. The van der Waals surface area contributed by atoms with Gasteiger partial charge in [0.1, 0.15) is 17.5 Å². The highest BCUT2D eigenvalue weighted by molar-refractivity contribution is 5.60. The second-order valence-electron chi connectivity index (χ2n) is 5.12. The van der Waals surface area contributed by atoms with Crippen LogP contribution in [0, 0.1) is 6.92 Å². The van der Waals surface area contributed by atoms with Gasteiger partial charge in [0.05, 0.1) is 0 Å². The lowest BCUT2D eigenvalue weighted by Crippen LogP contribution is -2.04. The van der Waals surface area contributed by atoms with Crippen molar-refractivity contribution < 1.29 is 0 Å². The van der Waals surface area contributed by atoms with Gasteiger partial charge in [-0.05, 0) is 37.5 Å². The van der Waals surface area contributed by atoms with Crippen molar-refractivity contribution in [2.75, 3.05) is 17.2 Å². The average molecular weight is 270 g/mol. The zero-order valence-corrected chi connectivity index (χ0v) is 12.6. The van der Waals surface area contributed by atoms with Crippen LogP contribution in [0.25, 0.3) is 0 Å². The summed E-state index contributed by atoms with van der Waals surface area (Å²) in [4.78, 5) is 8.77. The molecule has 0 fully saturated rings. The third-order valence-corrected chi connectivity index (χ3v) is 3.02. The Labute approximate surface area is 120 Å². The predicted molar refractivity (Wildman–Crippen MR) is 84.7 cm³/mol. The predicted octanol–water partition coefficient (Wildman–Crippen LogP) is 4.08. The zero-order chi connectivity index (χ0) is 14.5. The summed E-state index contributed by atoms with van der Waals surface area (Å²) >= 11 is 0. The summed E-state index contributed by atoms with van der Waals surface area (Å²) in [6.45, 7) is 9.18. The smallest absolute Gasteiger partial charge is 0.136 e. The Hall–Kier alpha value is -2.10.